The Kier molecular flexibility index (Phi) is 7.10. The molecular weight excluding hydrogens is 326 g/mol. The number of hydrogen-bond donors (Lipinski definition) is 2. The highest BCUT2D eigenvalue weighted by Crippen LogP contribution is 2.12. The van der Waals surface area contributed by atoms with E-state index in [1.54, 1.807) is 0 Å². The normalized spacial score (nSPS) is 11.7. The first-order valence-electron chi connectivity index (χ1n) is 5.94. The SMILES string of the molecule is Cl.OC(CNCc1ccc(Br)cc1)c1ccccc1. The zero-order chi connectivity index (χ0) is 12.8. The van der Waals surface area contributed by atoms with Crippen LogP contribution in [-0.4, -0.2) is 11.7 Å². The van der Waals surface area contributed by atoms with Crippen molar-refractivity contribution in [2.24, 2.45) is 0 Å². The summed E-state index contributed by atoms with van der Waals surface area (Å²) in [5, 5.41) is 13.2. The minimum Gasteiger partial charge on any atom is -0.387 e. The summed E-state index contributed by atoms with van der Waals surface area (Å²) in [5.41, 5.74) is 2.15. The van der Waals surface area contributed by atoms with Crippen LogP contribution in [0.3, 0.4) is 0 Å². The summed E-state index contributed by atoms with van der Waals surface area (Å²) >= 11 is 3.41. The molecule has 0 aromatic heterocycles. The van der Waals surface area contributed by atoms with Gasteiger partial charge in [0.25, 0.3) is 0 Å². The van der Waals surface area contributed by atoms with Crippen molar-refractivity contribution in [3.05, 3.63) is 70.2 Å². The van der Waals surface area contributed by atoms with Gasteiger partial charge >= 0.3 is 0 Å². The smallest absolute Gasteiger partial charge is 0.0914 e. The van der Waals surface area contributed by atoms with Crippen molar-refractivity contribution in [2.45, 2.75) is 12.6 Å². The zero-order valence-electron chi connectivity index (χ0n) is 10.4. The largest absolute Gasteiger partial charge is 0.387 e. The number of benzene rings is 2. The van der Waals surface area contributed by atoms with Crippen LogP contribution in [0.2, 0.25) is 0 Å². The molecular formula is C15H17BrClNO. The van der Waals surface area contributed by atoms with E-state index in [2.05, 4.69) is 33.4 Å². The predicted octanol–water partition coefficient (Wildman–Crippen LogP) is 3.69. The van der Waals surface area contributed by atoms with Crippen molar-refractivity contribution < 1.29 is 5.11 Å². The number of aliphatic hydroxyl groups excluding tert-OH is 1. The van der Waals surface area contributed by atoms with Crippen LogP contribution in [0, 0.1) is 0 Å². The highest BCUT2D eigenvalue weighted by Gasteiger charge is 2.05. The van der Waals surface area contributed by atoms with E-state index in [0.29, 0.717) is 6.54 Å². The van der Waals surface area contributed by atoms with E-state index in [1.165, 1.54) is 5.56 Å². The van der Waals surface area contributed by atoms with Crippen LogP contribution < -0.4 is 5.32 Å². The Morgan fingerprint density at radius 2 is 1.63 bits per heavy atom. The summed E-state index contributed by atoms with van der Waals surface area (Å²) in [6.45, 7) is 1.32. The number of hydrogen-bond acceptors (Lipinski definition) is 2. The lowest BCUT2D eigenvalue weighted by molar-refractivity contribution is 0.174. The standard InChI is InChI=1S/C15H16BrNO.ClH/c16-14-8-6-12(7-9-14)10-17-11-15(18)13-4-2-1-3-5-13;/h1-9,15,17-18H,10-11H2;1H. The van der Waals surface area contributed by atoms with Crippen LogP contribution in [-0.2, 0) is 6.54 Å². The quantitative estimate of drug-likeness (QED) is 0.868. The Balaban J connectivity index is 0.00000180. The van der Waals surface area contributed by atoms with Gasteiger partial charge in [-0.2, -0.15) is 0 Å². The average Bonchev–Trinajstić information content (AvgIpc) is 2.42. The van der Waals surface area contributed by atoms with Crippen LogP contribution in [0.1, 0.15) is 17.2 Å². The zero-order valence-corrected chi connectivity index (χ0v) is 12.8. The molecule has 0 saturated heterocycles. The van der Waals surface area contributed by atoms with Crippen LogP contribution >= 0.6 is 28.3 Å². The topological polar surface area (TPSA) is 32.3 Å². The molecule has 102 valence electrons. The lowest BCUT2D eigenvalue weighted by Gasteiger charge is -2.12. The Morgan fingerprint density at radius 1 is 1.00 bits per heavy atom. The van der Waals surface area contributed by atoms with Gasteiger partial charge in [0.15, 0.2) is 0 Å². The summed E-state index contributed by atoms with van der Waals surface area (Å²) in [6.07, 6.45) is -0.457. The van der Waals surface area contributed by atoms with E-state index in [-0.39, 0.29) is 12.4 Å². The van der Waals surface area contributed by atoms with Crippen molar-refractivity contribution in [3.63, 3.8) is 0 Å². The second kappa shape index (κ2) is 8.33. The van der Waals surface area contributed by atoms with Crippen LogP contribution in [0.15, 0.2) is 59.1 Å². The molecule has 0 aliphatic carbocycles. The van der Waals surface area contributed by atoms with Gasteiger partial charge in [0, 0.05) is 17.6 Å². The monoisotopic (exact) mass is 341 g/mol. The van der Waals surface area contributed by atoms with Crippen molar-refractivity contribution in [1.29, 1.82) is 0 Å². The molecule has 2 N–H and O–H groups in total. The molecule has 2 rings (SSSR count). The van der Waals surface area contributed by atoms with Crippen molar-refractivity contribution >= 4 is 28.3 Å². The van der Waals surface area contributed by atoms with E-state index >= 15 is 0 Å². The first-order chi connectivity index (χ1) is 8.75. The number of nitrogens with one attached hydrogen (secondary N) is 1. The molecule has 2 nitrogen and oxygen atoms in total. The molecule has 0 saturated carbocycles. The molecule has 0 radical (unpaired) electrons. The highest BCUT2D eigenvalue weighted by atomic mass is 79.9. The van der Waals surface area contributed by atoms with Crippen LogP contribution in [0.25, 0.3) is 0 Å². The van der Waals surface area contributed by atoms with E-state index in [4.69, 9.17) is 0 Å². The van der Waals surface area contributed by atoms with Gasteiger partial charge in [0.2, 0.25) is 0 Å². The lowest BCUT2D eigenvalue weighted by atomic mass is 10.1. The fourth-order valence-electron chi connectivity index (χ4n) is 1.75. The minimum absolute atomic E-state index is 0. The first-order valence-corrected chi connectivity index (χ1v) is 6.73. The van der Waals surface area contributed by atoms with E-state index in [0.717, 1.165) is 16.6 Å². The van der Waals surface area contributed by atoms with Crippen molar-refractivity contribution in [3.8, 4) is 0 Å². The maximum absolute atomic E-state index is 9.97. The summed E-state index contributed by atoms with van der Waals surface area (Å²) in [7, 11) is 0. The molecule has 0 aliphatic rings. The Morgan fingerprint density at radius 3 is 2.26 bits per heavy atom. The number of halogens is 2. The molecule has 1 unspecified atom stereocenters. The fourth-order valence-corrected chi connectivity index (χ4v) is 2.01. The first kappa shape index (κ1) is 16.2. The van der Waals surface area contributed by atoms with Gasteiger partial charge < -0.3 is 10.4 Å². The third-order valence-corrected chi connectivity index (χ3v) is 3.29. The third-order valence-electron chi connectivity index (χ3n) is 2.76. The van der Waals surface area contributed by atoms with E-state index in [1.807, 2.05) is 42.5 Å². The second-order valence-electron chi connectivity index (χ2n) is 4.18. The van der Waals surface area contributed by atoms with Gasteiger partial charge in [-0.15, -0.1) is 12.4 Å². The summed E-state index contributed by atoms with van der Waals surface area (Å²) in [6, 6.07) is 17.9. The summed E-state index contributed by atoms with van der Waals surface area (Å²) in [4.78, 5) is 0. The molecule has 0 amide bonds. The third kappa shape index (κ3) is 5.33. The predicted molar refractivity (Wildman–Crippen MR) is 84.5 cm³/mol. The highest BCUT2D eigenvalue weighted by molar-refractivity contribution is 9.10. The van der Waals surface area contributed by atoms with E-state index in [9.17, 15) is 5.11 Å². The second-order valence-corrected chi connectivity index (χ2v) is 5.10. The molecule has 0 bridgehead atoms. The molecule has 2 aromatic rings. The Bertz CT molecular complexity index is 475. The fraction of sp³-hybridized carbons (Fsp3) is 0.200. The minimum atomic E-state index is -0.457. The van der Waals surface area contributed by atoms with Crippen molar-refractivity contribution in [2.75, 3.05) is 6.54 Å². The lowest BCUT2D eigenvalue weighted by Crippen LogP contribution is -2.20. The van der Waals surface area contributed by atoms with Crippen LogP contribution in [0.4, 0.5) is 0 Å². The summed E-state index contributed by atoms with van der Waals surface area (Å²) in [5.74, 6) is 0. The molecule has 19 heavy (non-hydrogen) atoms. The molecule has 0 spiro atoms. The molecule has 0 aliphatic heterocycles. The summed E-state index contributed by atoms with van der Waals surface area (Å²) < 4.78 is 1.08. The van der Waals surface area contributed by atoms with Gasteiger partial charge in [-0.25, -0.2) is 0 Å². The van der Waals surface area contributed by atoms with Gasteiger partial charge in [-0.3, -0.25) is 0 Å². The van der Waals surface area contributed by atoms with Crippen LogP contribution in [0.5, 0.6) is 0 Å². The molecule has 1 atom stereocenters. The maximum Gasteiger partial charge on any atom is 0.0914 e. The van der Waals surface area contributed by atoms with Gasteiger partial charge in [0.05, 0.1) is 6.10 Å². The average molecular weight is 343 g/mol. The molecule has 4 heteroatoms. The van der Waals surface area contributed by atoms with Gasteiger partial charge in [0.1, 0.15) is 0 Å². The Labute approximate surface area is 128 Å². The Hall–Kier alpha value is -0.870. The number of aliphatic hydroxyl groups is 1. The van der Waals surface area contributed by atoms with E-state index < -0.39 is 6.10 Å². The molecule has 2 aromatic carbocycles. The number of rotatable bonds is 5. The van der Waals surface area contributed by atoms with Gasteiger partial charge in [-0.1, -0.05) is 58.4 Å². The maximum atomic E-state index is 9.97. The molecule has 0 heterocycles. The van der Waals surface area contributed by atoms with Gasteiger partial charge in [-0.05, 0) is 23.3 Å². The van der Waals surface area contributed by atoms with Crippen molar-refractivity contribution in [1.82, 2.24) is 5.32 Å². The molecule has 0 fully saturated rings.